The predicted molar refractivity (Wildman–Crippen MR) is 94.8 cm³/mol. The van der Waals surface area contributed by atoms with Crippen molar-refractivity contribution < 1.29 is 14.0 Å². The van der Waals surface area contributed by atoms with Crippen LogP contribution in [0, 0.1) is 18.7 Å². The summed E-state index contributed by atoms with van der Waals surface area (Å²) in [6.07, 6.45) is 1.01. The molecule has 1 fully saturated rings. The molecule has 1 aliphatic heterocycles. The van der Waals surface area contributed by atoms with Gasteiger partial charge in [0.15, 0.2) is 5.17 Å². The first-order valence-corrected chi connectivity index (χ1v) is 8.82. The molecular formula is C17H22FN3O2S. The largest absolute Gasteiger partial charge is 0.356 e. The van der Waals surface area contributed by atoms with Gasteiger partial charge in [0.25, 0.3) is 0 Å². The van der Waals surface area contributed by atoms with E-state index in [0.29, 0.717) is 28.9 Å². The molecule has 0 unspecified atom stereocenters. The third-order valence-corrected chi connectivity index (χ3v) is 4.66. The van der Waals surface area contributed by atoms with E-state index in [1.165, 1.54) is 17.8 Å². The second kappa shape index (κ2) is 8.28. The van der Waals surface area contributed by atoms with Crippen molar-refractivity contribution in [2.75, 3.05) is 6.54 Å². The Morgan fingerprint density at radius 1 is 1.46 bits per heavy atom. The molecule has 0 aliphatic carbocycles. The molecule has 1 aliphatic rings. The predicted octanol–water partition coefficient (Wildman–Crippen LogP) is 2.91. The number of amidine groups is 1. The summed E-state index contributed by atoms with van der Waals surface area (Å²) in [4.78, 5) is 28.1. The lowest BCUT2D eigenvalue weighted by Gasteiger charge is -2.08. The zero-order chi connectivity index (χ0) is 17.7. The maximum atomic E-state index is 13.5. The molecule has 0 aromatic heterocycles. The Morgan fingerprint density at radius 3 is 2.88 bits per heavy atom. The monoisotopic (exact) mass is 351 g/mol. The molecule has 1 aromatic carbocycles. The SMILES string of the molecule is Cc1ccc(N=C2NC(=O)[C@@H](CC(=O)NCCC(C)C)S2)cc1F. The van der Waals surface area contributed by atoms with Gasteiger partial charge in [-0.15, -0.1) is 0 Å². The third kappa shape index (κ3) is 5.33. The van der Waals surface area contributed by atoms with Crippen molar-refractivity contribution in [3.05, 3.63) is 29.6 Å². The zero-order valence-corrected chi connectivity index (χ0v) is 14.9. The molecular weight excluding hydrogens is 329 g/mol. The van der Waals surface area contributed by atoms with Gasteiger partial charge in [-0.25, -0.2) is 9.38 Å². The van der Waals surface area contributed by atoms with Crippen molar-refractivity contribution in [1.29, 1.82) is 0 Å². The van der Waals surface area contributed by atoms with Crippen LogP contribution in [0.25, 0.3) is 0 Å². The summed E-state index contributed by atoms with van der Waals surface area (Å²) in [6, 6.07) is 4.64. The van der Waals surface area contributed by atoms with Gasteiger partial charge in [-0.3, -0.25) is 9.59 Å². The van der Waals surface area contributed by atoms with Crippen LogP contribution in [-0.2, 0) is 9.59 Å². The Labute approximate surface area is 145 Å². The molecule has 0 spiro atoms. The van der Waals surface area contributed by atoms with Gasteiger partial charge in [0.1, 0.15) is 11.1 Å². The molecule has 24 heavy (non-hydrogen) atoms. The fourth-order valence-electron chi connectivity index (χ4n) is 2.10. The molecule has 1 atom stereocenters. The lowest BCUT2D eigenvalue weighted by atomic mass is 10.1. The van der Waals surface area contributed by atoms with E-state index < -0.39 is 5.25 Å². The van der Waals surface area contributed by atoms with Gasteiger partial charge in [0.2, 0.25) is 11.8 Å². The van der Waals surface area contributed by atoms with Crippen molar-refractivity contribution in [2.24, 2.45) is 10.9 Å². The Balaban J connectivity index is 1.91. The summed E-state index contributed by atoms with van der Waals surface area (Å²) in [5.74, 6) is -0.216. The Hall–Kier alpha value is -1.89. The summed E-state index contributed by atoms with van der Waals surface area (Å²) >= 11 is 1.20. The summed E-state index contributed by atoms with van der Waals surface area (Å²) < 4.78 is 13.5. The van der Waals surface area contributed by atoms with Gasteiger partial charge < -0.3 is 10.6 Å². The number of benzene rings is 1. The zero-order valence-electron chi connectivity index (χ0n) is 14.1. The van der Waals surface area contributed by atoms with Crippen LogP contribution < -0.4 is 10.6 Å². The number of halogens is 1. The number of aliphatic imine (C=N–C) groups is 1. The highest BCUT2D eigenvalue weighted by atomic mass is 32.2. The first-order chi connectivity index (χ1) is 11.3. The first kappa shape index (κ1) is 18.4. The summed E-state index contributed by atoms with van der Waals surface area (Å²) in [7, 11) is 0. The van der Waals surface area contributed by atoms with Crippen LogP contribution in [-0.4, -0.2) is 28.8 Å². The number of carbonyl (C=O) groups excluding carboxylic acids is 2. The van der Waals surface area contributed by atoms with Gasteiger partial charge >= 0.3 is 0 Å². The lowest BCUT2D eigenvalue weighted by Crippen LogP contribution is -2.32. The number of aryl methyl sites for hydroxylation is 1. The molecule has 2 N–H and O–H groups in total. The molecule has 0 radical (unpaired) electrons. The number of amides is 2. The number of nitrogens with one attached hydrogen (secondary N) is 2. The Kier molecular flexibility index (Phi) is 6.36. The highest BCUT2D eigenvalue weighted by molar-refractivity contribution is 8.15. The summed E-state index contributed by atoms with van der Waals surface area (Å²) in [5, 5.41) is 5.35. The molecule has 1 heterocycles. The lowest BCUT2D eigenvalue weighted by molar-refractivity contribution is -0.125. The average molecular weight is 351 g/mol. The molecule has 0 bridgehead atoms. The van der Waals surface area contributed by atoms with Crippen LogP contribution in [0.15, 0.2) is 23.2 Å². The minimum atomic E-state index is -0.502. The smallest absolute Gasteiger partial charge is 0.240 e. The average Bonchev–Trinajstić information content (AvgIpc) is 2.82. The normalized spacial score (nSPS) is 19.0. The molecule has 1 aromatic rings. The van der Waals surface area contributed by atoms with Crippen LogP contribution in [0.2, 0.25) is 0 Å². The van der Waals surface area contributed by atoms with Crippen LogP contribution in [0.1, 0.15) is 32.3 Å². The van der Waals surface area contributed by atoms with Crippen LogP contribution in [0.4, 0.5) is 10.1 Å². The van der Waals surface area contributed by atoms with E-state index in [4.69, 9.17) is 0 Å². The van der Waals surface area contributed by atoms with Crippen molar-refractivity contribution in [1.82, 2.24) is 10.6 Å². The molecule has 5 nitrogen and oxygen atoms in total. The van der Waals surface area contributed by atoms with Crippen molar-refractivity contribution in [3.8, 4) is 0 Å². The van der Waals surface area contributed by atoms with E-state index in [2.05, 4.69) is 29.5 Å². The quantitative estimate of drug-likeness (QED) is 0.828. The molecule has 2 amide bonds. The molecule has 2 rings (SSSR count). The molecule has 7 heteroatoms. The second-order valence-electron chi connectivity index (χ2n) is 6.18. The van der Waals surface area contributed by atoms with E-state index in [1.54, 1.807) is 19.1 Å². The second-order valence-corrected chi connectivity index (χ2v) is 7.37. The van der Waals surface area contributed by atoms with Crippen LogP contribution in [0.3, 0.4) is 0 Å². The van der Waals surface area contributed by atoms with Gasteiger partial charge in [0.05, 0.1) is 5.69 Å². The number of rotatable bonds is 6. The van der Waals surface area contributed by atoms with Gasteiger partial charge in [0, 0.05) is 13.0 Å². The maximum absolute atomic E-state index is 13.5. The molecule has 0 saturated carbocycles. The van der Waals surface area contributed by atoms with Gasteiger partial charge in [-0.1, -0.05) is 31.7 Å². The number of hydrogen-bond donors (Lipinski definition) is 2. The van der Waals surface area contributed by atoms with Gasteiger partial charge in [-0.05, 0) is 37.0 Å². The Morgan fingerprint density at radius 2 is 2.21 bits per heavy atom. The fourth-order valence-corrected chi connectivity index (χ4v) is 3.09. The first-order valence-electron chi connectivity index (χ1n) is 7.94. The van der Waals surface area contributed by atoms with Crippen LogP contribution in [0.5, 0.6) is 0 Å². The van der Waals surface area contributed by atoms with Crippen molar-refractivity contribution >= 4 is 34.4 Å². The molecule has 1 saturated heterocycles. The minimum absolute atomic E-state index is 0.107. The number of thioether (sulfide) groups is 1. The summed E-state index contributed by atoms with van der Waals surface area (Å²) in [6.45, 7) is 6.46. The summed E-state index contributed by atoms with van der Waals surface area (Å²) in [5.41, 5.74) is 0.973. The number of hydrogen-bond acceptors (Lipinski definition) is 4. The third-order valence-electron chi connectivity index (χ3n) is 3.58. The van der Waals surface area contributed by atoms with E-state index >= 15 is 0 Å². The van der Waals surface area contributed by atoms with E-state index in [9.17, 15) is 14.0 Å². The van der Waals surface area contributed by atoms with Crippen molar-refractivity contribution in [2.45, 2.75) is 38.9 Å². The van der Waals surface area contributed by atoms with Crippen LogP contribution >= 0.6 is 11.8 Å². The minimum Gasteiger partial charge on any atom is -0.356 e. The van der Waals surface area contributed by atoms with Gasteiger partial charge in [-0.2, -0.15) is 0 Å². The maximum Gasteiger partial charge on any atom is 0.240 e. The van der Waals surface area contributed by atoms with E-state index in [0.717, 1.165) is 6.42 Å². The fraction of sp³-hybridized carbons (Fsp3) is 0.471. The van der Waals surface area contributed by atoms with E-state index in [-0.39, 0.29) is 24.1 Å². The number of carbonyl (C=O) groups is 2. The Bertz CT molecular complexity index is 661. The highest BCUT2D eigenvalue weighted by Crippen LogP contribution is 2.25. The molecule has 130 valence electrons. The van der Waals surface area contributed by atoms with Crippen molar-refractivity contribution in [3.63, 3.8) is 0 Å². The topological polar surface area (TPSA) is 70.6 Å². The standard InChI is InChI=1S/C17H22FN3O2S/c1-10(2)6-7-19-15(22)9-14-16(23)21-17(24-14)20-12-5-4-11(3)13(18)8-12/h4-5,8,10,14H,6-7,9H2,1-3H3,(H,19,22)(H,20,21,23)/t14-/m1/s1. The van der Waals surface area contributed by atoms with E-state index in [1.807, 2.05) is 0 Å². The highest BCUT2D eigenvalue weighted by Gasteiger charge is 2.32. The number of nitrogens with zero attached hydrogens (tertiary/aromatic N) is 1.